The van der Waals surface area contributed by atoms with Gasteiger partial charge < -0.3 is 11.1 Å². The van der Waals surface area contributed by atoms with Gasteiger partial charge in [0.05, 0.1) is 12.1 Å². The highest BCUT2D eigenvalue weighted by Crippen LogP contribution is 2.49. The first kappa shape index (κ1) is 17.4. The summed E-state index contributed by atoms with van der Waals surface area (Å²) in [5.41, 5.74) is 5.63. The van der Waals surface area contributed by atoms with Crippen molar-refractivity contribution in [3.63, 3.8) is 0 Å². The van der Waals surface area contributed by atoms with Gasteiger partial charge in [0.1, 0.15) is 0 Å². The molecule has 1 aromatic carbocycles. The largest absolute Gasteiger partial charge is 0.416 e. The smallest absolute Gasteiger partial charge is 0.370 e. The van der Waals surface area contributed by atoms with Gasteiger partial charge in [-0.05, 0) is 48.8 Å². The fraction of sp³-hybridized carbons (Fsp3) is 0.533. The van der Waals surface area contributed by atoms with Gasteiger partial charge in [0.15, 0.2) is 5.96 Å². The lowest BCUT2D eigenvalue weighted by atomic mass is 10.1. The summed E-state index contributed by atoms with van der Waals surface area (Å²) in [5, 5.41) is 3.15. The zero-order valence-electron chi connectivity index (χ0n) is 11.9. The lowest BCUT2D eigenvalue weighted by Crippen LogP contribution is -2.34. The Balaban J connectivity index is 0.00000176. The minimum Gasteiger partial charge on any atom is -0.370 e. The molecule has 3 nitrogen and oxygen atoms in total. The van der Waals surface area contributed by atoms with Crippen molar-refractivity contribution in [2.24, 2.45) is 22.6 Å². The highest BCUT2D eigenvalue weighted by Gasteiger charge is 2.47. The Hall–Kier alpha value is -0.990. The van der Waals surface area contributed by atoms with Crippen molar-refractivity contribution in [3.05, 3.63) is 35.4 Å². The first-order valence-electron chi connectivity index (χ1n) is 7.16. The highest BCUT2D eigenvalue weighted by molar-refractivity contribution is 14.0. The van der Waals surface area contributed by atoms with E-state index in [4.69, 9.17) is 5.73 Å². The number of aliphatic imine (C=N–C) groups is 1. The second-order valence-corrected chi connectivity index (χ2v) is 5.89. The van der Waals surface area contributed by atoms with Gasteiger partial charge in [-0.3, -0.25) is 0 Å². The number of alkyl halides is 3. The summed E-state index contributed by atoms with van der Waals surface area (Å²) >= 11 is 0. The van der Waals surface area contributed by atoms with Gasteiger partial charge in [-0.2, -0.15) is 13.2 Å². The third kappa shape index (κ3) is 4.50. The molecule has 122 valence electrons. The fourth-order valence-electron chi connectivity index (χ4n) is 2.68. The molecule has 0 saturated heterocycles. The molecular weight excluding hydrogens is 406 g/mol. The van der Waals surface area contributed by atoms with Crippen molar-refractivity contribution >= 4 is 29.9 Å². The maximum Gasteiger partial charge on any atom is 0.416 e. The van der Waals surface area contributed by atoms with Crippen LogP contribution in [0.2, 0.25) is 0 Å². The van der Waals surface area contributed by atoms with Crippen LogP contribution in [0.25, 0.3) is 0 Å². The van der Waals surface area contributed by atoms with E-state index in [1.807, 2.05) is 0 Å². The zero-order valence-corrected chi connectivity index (χ0v) is 14.3. The topological polar surface area (TPSA) is 50.4 Å². The molecule has 0 aromatic heterocycles. The van der Waals surface area contributed by atoms with E-state index in [1.165, 1.54) is 18.9 Å². The van der Waals surface area contributed by atoms with E-state index in [9.17, 15) is 13.2 Å². The van der Waals surface area contributed by atoms with Gasteiger partial charge in [0.25, 0.3) is 0 Å². The number of rotatable bonds is 4. The lowest BCUT2D eigenvalue weighted by molar-refractivity contribution is -0.137. The van der Waals surface area contributed by atoms with Crippen LogP contribution < -0.4 is 11.1 Å². The third-order valence-corrected chi connectivity index (χ3v) is 4.09. The molecule has 0 aliphatic heterocycles. The molecule has 2 fully saturated rings. The summed E-state index contributed by atoms with van der Waals surface area (Å²) < 4.78 is 37.8. The fourth-order valence-corrected chi connectivity index (χ4v) is 2.68. The molecule has 0 unspecified atom stereocenters. The van der Waals surface area contributed by atoms with E-state index >= 15 is 0 Å². The Morgan fingerprint density at radius 3 is 2.68 bits per heavy atom. The number of benzene rings is 1. The van der Waals surface area contributed by atoms with Gasteiger partial charge in [0, 0.05) is 6.04 Å². The van der Waals surface area contributed by atoms with Crippen LogP contribution in [-0.2, 0) is 12.7 Å². The van der Waals surface area contributed by atoms with Crippen LogP contribution in [-0.4, -0.2) is 12.0 Å². The number of guanidine groups is 1. The summed E-state index contributed by atoms with van der Waals surface area (Å²) in [4.78, 5) is 4.13. The van der Waals surface area contributed by atoms with Crippen LogP contribution >= 0.6 is 24.0 Å². The van der Waals surface area contributed by atoms with Crippen LogP contribution in [0.5, 0.6) is 0 Å². The summed E-state index contributed by atoms with van der Waals surface area (Å²) in [6.07, 6.45) is -0.576. The first-order valence-corrected chi connectivity index (χ1v) is 7.16. The average Bonchev–Trinajstić information content (AvgIpc) is 3.29. The molecule has 2 aliphatic rings. The van der Waals surface area contributed by atoms with Crippen LogP contribution in [0.4, 0.5) is 13.2 Å². The quantitative estimate of drug-likeness (QED) is 0.441. The molecule has 2 atom stereocenters. The molecule has 0 heterocycles. The molecule has 0 spiro atoms. The van der Waals surface area contributed by atoms with Crippen molar-refractivity contribution in [1.82, 2.24) is 5.32 Å². The van der Waals surface area contributed by atoms with E-state index in [0.717, 1.165) is 24.5 Å². The van der Waals surface area contributed by atoms with E-state index in [-0.39, 0.29) is 30.5 Å². The number of nitrogens with zero attached hydrogens (tertiary/aromatic N) is 1. The molecule has 1 aromatic rings. The van der Waals surface area contributed by atoms with Crippen LogP contribution in [0.3, 0.4) is 0 Å². The predicted octanol–water partition coefficient (Wildman–Crippen LogP) is 3.53. The SMILES string of the molecule is I.NC(=NCc1cccc(C(F)(F)F)c1)N[C@@H]1C[C@H]1C1CC1. The molecule has 2 aliphatic carbocycles. The van der Waals surface area contributed by atoms with Gasteiger partial charge >= 0.3 is 6.18 Å². The summed E-state index contributed by atoms with van der Waals surface area (Å²) in [7, 11) is 0. The summed E-state index contributed by atoms with van der Waals surface area (Å²) in [5.74, 6) is 1.88. The second-order valence-electron chi connectivity index (χ2n) is 5.89. The number of hydrogen-bond donors (Lipinski definition) is 2. The van der Waals surface area contributed by atoms with E-state index in [0.29, 0.717) is 23.5 Å². The van der Waals surface area contributed by atoms with Gasteiger partial charge in [-0.25, -0.2) is 4.99 Å². The number of halogens is 4. The molecule has 3 rings (SSSR count). The molecule has 3 N–H and O–H groups in total. The van der Waals surface area contributed by atoms with Crippen molar-refractivity contribution < 1.29 is 13.2 Å². The average molecular weight is 425 g/mol. The van der Waals surface area contributed by atoms with Crippen LogP contribution in [0.15, 0.2) is 29.3 Å². The molecule has 2 saturated carbocycles. The van der Waals surface area contributed by atoms with Crippen molar-refractivity contribution in [1.29, 1.82) is 0 Å². The van der Waals surface area contributed by atoms with Gasteiger partial charge in [-0.1, -0.05) is 12.1 Å². The van der Waals surface area contributed by atoms with E-state index in [1.54, 1.807) is 6.07 Å². The predicted molar refractivity (Wildman–Crippen MR) is 89.9 cm³/mol. The van der Waals surface area contributed by atoms with Crippen LogP contribution in [0, 0.1) is 11.8 Å². The Kier molecular flexibility index (Phi) is 5.24. The number of nitrogens with one attached hydrogen (secondary N) is 1. The second kappa shape index (κ2) is 6.64. The lowest BCUT2D eigenvalue weighted by Gasteiger charge is -2.08. The number of nitrogens with two attached hydrogens (primary N) is 1. The Morgan fingerprint density at radius 2 is 2.05 bits per heavy atom. The highest BCUT2D eigenvalue weighted by atomic mass is 127. The van der Waals surface area contributed by atoms with Gasteiger partial charge in [0.2, 0.25) is 0 Å². The first-order chi connectivity index (χ1) is 9.93. The minimum absolute atomic E-state index is 0. The Morgan fingerprint density at radius 1 is 1.32 bits per heavy atom. The molecule has 7 heteroatoms. The maximum atomic E-state index is 12.6. The van der Waals surface area contributed by atoms with E-state index < -0.39 is 11.7 Å². The van der Waals surface area contributed by atoms with E-state index in [2.05, 4.69) is 10.3 Å². The van der Waals surface area contributed by atoms with Crippen molar-refractivity contribution in [2.45, 2.75) is 38.0 Å². The standard InChI is InChI=1S/C15H18F3N3.HI/c16-15(17,18)11-3-1-2-9(6-11)8-20-14(19)21-13-7-12(13)10-4-5-10;/h1-3,6,10,12-13H,4-5,7-8H2,(H3,19,20,21);1H/t12-,13+;/m0./s1. The molecule has 0 amide bonds. The molecular formula is C15H19F3IN3. The molecule has 22 heavy (non-hydrogen) atoms. The summed E-state index contributed by atoms with van der Waals surface area (Å²) in [6.45, 7) is 0.156. The third-order valence-electron chi connectivity index (χ3n) is 4.09. The van der Waals surface area contributed by atoms with Gasteiger partial charge in [-0.15, -0.1) is 24.0 Å². The normalized spacial score (nSPS) is 24.6. The van der Waals surface area contributed by atoms with Crippen molar-refractivity contribution in [2.75, 3.05) is 0 Å². The Bertz CT molecular complexity index is 555. The molecule has 0 radical (unpaired) electrons. The monoisotopic (exact) mass is 425 g/mol. The summed E-state index contributed by atoms with van der Waals surface area (Å²) in [6, 6.07) is 5.58. The van der Waals surface area contributed by atoms with Crippen LogP contribution in [0.1, 0.15) is 30.4 Å². The Labute approximate surface area is 144 Å². The van der Waals surface area contributed by atoms with Crippen molar-refractivity contribution in [3.8, 4) is 0 Å². The number of hydrogen-bond acceptors (Lipinski definition) is 1. The maximum absolute atomic E-state index is 12.6. The molecule has 0 bridgehead atoms. The minimum atomic E-state index is -4.32. The zero-order chi connectivity index (χ0) is 15.0.